The van der Waals surface area contributed by atoms with Gasteiger partial charge < -0.3 is 10.1 Å². The molecule has 0 aromatic heterocycles. The molecule has 160 valence electrons. The second-order valence-corrected chi connectivity index (χ2v) is 8.35. The first kappa shape index (κ1) is 21.4. The number of hydrogen-bond acceptors (Lipinski definition) is 3. The Bertz CT molecular complexity index is 933. The molecule has 1 saturated heterocycles. The molecule has 1 amide bonds. The Labute approximate surface area is 188 Å². The Hall–Kier alpha value is -2.82. The van der Waals surface area contributed by atoms with Gasteiger partial charge in [-0.25, -0.2) is 4.79 Å². The van der Waals surface area contributed by atoms with E-state index in [1.165, 1.54) is 5.56 Å². The Morgan fingerprint density at radius 2 is 1.55 bits per heavy atom. The van der Waals surface area contributed by atoms with Gasteiger partial charge in [0.25, 0.3) is 0 Å². The topological polar surface area (TPSA) is 41.6 Å². The summed E-state index contributed by atoms with van der Waals surface area (Å²) in [4.78, 5) is 15.1. The molecule has 1 aliphatic heterocycles. The minimum Gasteiger partial charge on any atom is -0.446 e. The molecule has 0 unspecified atom stereocenters. The van der Waals surface area contributed by atoms with Gasteiger partial charge in [0.2, 0.25) is 0 Å². The molecule has 3 aromatic carbocycles. The van der Waals surface area contributed by atoms with Crippen LogP contribution in [0.15, 0.2) is 84.9 Å². The Morgan fingerprint density at radius 1 is 0.935 bits per heavy atom. The number of piperidine rings is 1. The van der Waals surface area contributed by atoms with Gasteiger partial charge in [-0.3, -0.25) is 4.90 Å². The number of nitrogens with zero attached hydrogens (tertiary/aromatic N) is 1. The number of halogens is 1. The fourth-order valence-electron chi connectivity index (χ4n) is 4.03. The number of carbonyl (C=O) groups excluding carboxylic acids is 1. The van der Waals surface area contributed by atoms with Crippen molar-refractivity contribution in [3.8, 4) is 0 Å². The average molecular weight is 435 g/mol. The summed E-state index contributed by atoms with van der Waals surface area (Å²) in [5.74, 6) is 0. The largest absolute Gasteiger partial charge is 0.446 e. The molecule has 4 nitrogen and oxygen atoms in total. The fourth-order valence-corrected chi connectivity index (χ4v) is 4.24. The van der Waals surface area contributed by atoms with Gasteiger partial charge >= 0.3 is 6.09 Å². The zero-order valence-electron chi connectivity index (χ0n) is 17.4. The molecule has 0 atom stereocenters. The second kappa shape index (κ2) is 10.5. The van der Waals surface area contributed by atoms with Gasteiger partial charge in [0, 0.05) is 24.7 Å². The quantitative estimate of drug-likeness (QED) is 0.531. The third-order valence-corrected chi connectivity index (χ3v) is 5.87. The zero-order chi connectivity index (χ0) is 21.5. The van der Waals surface area contributed by atoms with Gasteiger partial charge in [0.05, 0.1) is 6.04 Å². The van der Waals surface area contributed by atoms with Crippen LogP contribution in [-0.4, -0.2) is 30.2 Å². The van der Waals surface area contributed by atoms with Crippen molar-refractivity contribution in [1.29, 1.82) is 0 Å². The number of carbonyl (C=O) groups is 1. The van der Waals surface area contributed by atoms with E-state index in [1.807, 2.05) is 78.9 Å². The van der Waals surface area contributed by atoms with E-state index in [-0.39, 0.29) is 18.2 Å². The number of rotatable bonds is 6. The summed E-state index contributed by atoms with van der Waals surface area (Å²) in [6.45, 7) is 2.65. The van der Waals surface area contributed by atoms with Crippen LogP contribution in [0.25, 0.3) is 0 Å². The van der Waals surface area contributed by atoms with Crippen LogP contribution in [0.4, 0.5) is 4.79 Å². The monoisotopic (exact) mass is 434 g/mol. The number of benzene rings is 3. The minimum absolute atomic E-state index is 0.0668. The van der Waals surface area contributed by atoms with Gasteiger partial charge in [-0.2, -0.15) is 0 Å². The van der Waals surface area contributed by atoms with Crippen LogP contribution in [0, 0.1) is 0 Å². The molecule has 0 radical (unpaired) electrons. The highest BCUT2D eigenvalue weighted by atomic mass is 35.5. The number of ether oxygens (including phenoxy) is 1. The van der Waals surface area contributed by atoms with Crippen molar-refractivity contribution in [2.75, 3.05) is 13.1 Å². The minimum atomic E-state index is -0.369. The van der Waals surface area contributed by atoms with Crippen LogP contribution < -0.4 is 5.32 Å². The zero-order valence-corrected chi connectivity index (χ0v) is 18.2. The lowest BCUT2D eigenvalue weighted by atomic mass is 9.99. The van der Waals surface area contributed by atoms with Crippen molar-refractivity contribution in [2.45, 2.75) is 31.5 Å². The van der Waals surface area contributed by atoms with E-state index in [4.69, 9.17) is 16.3 Å². The van der Waals surface area contributed by atoms with Gasteiger partial charge in [-0.15, -0.1) is 0 Å². The van der Waals surface area contributed by atoms with Crippen molar-refractivity contribution in [2.24, 2.45) is 0 Å². The number of amides is 1. The van der Waals surface area contributed by atoms with Crippen LogP contribution in [0.3, 0.4) is 0 Å². The Kier molecular flexibility index (Phi) is 7.23. The summed E-state index contributed by atoms with van der Waals surface area (Å²) in [5, 5.41) is 3.83. The summed E-state index contributed by atoms with van der Waals surface area (Å²) < 4.78 is 5.78. The van der Waals surface area contributed by atoms with Crippen LogP contribution in [-0.2, 0) is 11.3 Å². The van der Waals surface area contributed by atoms with E-state index in [1.54, 1.807) is 0 Å². The van der Waals surface area contributed by atoms with Gasteiger partial charge in [0.1, 0.15) is 6.10 Å². The highest BCUT2D eigenvalue weighted by Crippen LogP contribution is 2.23. The molecule has 3 aromatic rings. The van der Waals surface area contributed by atoms with Crippen molar-refractivity contribution in [3.05, 3.63) is 107 Å². The van der Waals surface area contributed by atoms with Crippen molar-refractivity contribution < 1.29 is 9.53 Å². The van der Waals surface area contributed by atoms with Crippen LogP contribution >= 0.6 is 11.6 Å². The molecule has 0 aliphatic carbocycles. The van der Waals surface area contributed by atoms with Crippen molar-refractivity contribution >= 4 is 17.7 Å². The van der Waals surface area contributed by atoms with Gasteiger partial charge in [-0.1, -0.05) is 84.4 Å². The molecule has 1 fully saturated rings. The predicted octanol–water partition coefficient (Wildman–Crippen LogP) is 5.82. The van der Waals surface area contributed by atoms with E-state index in [9.17, 15) is 4.79 Å². The standard InChI is InChI=1S/C26H27ClN2O2/c27-23-13-7-8-20(18-23)19-29-16-14-24(15-17-29)31-26(30)28-25(21-9-3-1-4-10-21)22-11-5-2-6-12-22/h1-13,18,24-25H,14-17,19H2,(H,28,30). The van der Waals surface area contributed by atoms with Gasteiger partial charge in [-0.05, 0) is 41.7 Å². The van der Waals surface area contributed by atoms with Crippen molar-refractivity contribution in [3.63, 3.8) is 0 Å². The number of likely N-dealkylation sites (tertiary alicyclic amines) is 1. The maximum atomic E-state index is 12.7. The molecule has 4 rings (SSSR count). The first-order valence-corrected chi connectivity index (χ1v) is 11.1. The number of nitrogens with one attached hydrogen (secondary N) is 1. The lowest BCUT2D eigenvalue weighted by molar-refractivity contribution is 0.0476. The maximum absolute atomic E-state index is 12.7. The molecule has 1 N–H and O–H groups in total. The number of alkyl carbamates (subject to hydrolysis) is 1. The molecule has 1 aliphatic rings. The molecule has 0 bridgehead atoms. The summed E-state index contributed by atoms with van der Waals surface area (Å²) in [7, 11) is 0. The maximum Gasteiger partial charge on any atom is 0.408 e. The lowest BCUT2D eigenvalue weighted by Gasteiger charge is -2.32. The van der Waals surface area contributed by atoms with Crippen molar-refractivity contribution in [1.82, 2.24) is 10.2 Å². The molecule has 5 heteroatoms. The molecule has 0 saturated carbocycles. The van der Waals surface area contributed by atoms with Crippen LogP contribution in [0.5, 0.6) is 0 Å². The van der Waals surface area contributed by atoms with E-state index >= 15 is 0 Å². The van der Waals surface area contributed by atoms with E-state index in [2.05, 4.69) is 16.3 Å². The predicted molar refractivity (Wildman–Crippen MR) is 124 cm³/mol. The first-order valence-electron chi connectivity index (χ1n) is 10.7. The highest BCUT2D eigenvalue weighted by Gasteiger charge is 2.24. The van der Waals surface area contributed by atoms with Gasteiger partial charge in [0.15, 0.2) is 0 Å². The second-order valence-electron chi connectivity index (χ2n) is 7.91. The normalized spacial score (nSPS) is 15.0. The third kappa shape index (κ3) is 6.09. The first-order chi connectivity index (χ1) is 15.2. The molecule has 0 spiro atoms. The summed E-state index contributed by atoms with van der Waals surface area (Å²) in [6, 6.07) is 27.7. The molecule has 1 heterocycles. The number of hydrogen-bond donors (Lipinski definition) is 1. The summed E-state index contributed by atoms with van der Waals surface area (Å²) in [5.41, 5.74) is 3.27. The van der Waals surface area contributed by atoms with Crippen LogP contribution in [0.2, 0.25) is 5.02 Å². The van der Waals surface area contributed by atoms with E-state index in [0.717, 1.165) is 48.6 Å². The lowest BCUT2D eigenvalue weighted by Crippen LogP contribution is -2.40. The summed E-state index contributed by atoms with van der Waals surface area (Å²) in [6.07, 6.45) is 1.22. The third-order valence-electron chi connectivity index (χ3n) is 5.63. The molecular formula is C26H27ClN2O2. The smallest absolute Gasteiger partial charge is 0.408 e. The Morgan fingerprint density at radius 3 is 2.13 bits per heavy atom. The van der Waals surface area contributed by atoms with E-state index in [0.29, 0.717) is 0 Å². The fraction of sp³-hybridized carbons (Fsp3) is 0.269. The SMILES string of the molecule is O=C(NC(c1ccccc1)c1ccccc1)OC1CCN(Cc2cccc(Cl)c2)CC1. The Balaban J connectivity index is 1.32. The summed E-state index contributed by atoms with van der Waals surface area (Å²) >= 11 is 6.09. The molecule has 31 heavy (non-hydrogen) atoms. The van der Waals surface area contributed by atoms with E-state index < -0.39 is 0 Å². The highest BCUT2D eigenvalue weighted by molar-refractivity contribution is 6.30. The average Bonchev–Trinajstić information content (AvgIpc) is 2.80. The molecular weight excluding hydrogens is 408 g/mol. The van der Waals surface area contributed by atoms with Crippen LogP contribution in [0.1, 0.15) is 35.6 Å².